The first-order valence-electron chi connectivity index (χ1n) is 8.04. The number of rotatable bonds is 5. The number of carbonyl (C=O) groups excluding carboxylic acids is 1. The van der Waals surface area contributed by atoms with Crippen LogP contribution in [0.3, 0.4) is 0 Å². The lowest BCUT2D eigenvalue weighted by Gasteiger charge is -2.36. The van der Waals surface area contributed by atoms with E-state index in [0.29, 0.717) is 11.5 Å². The Hall–Kier alpha value is -1.80. The van der Waals surface area contributed by atoms with Crippen molar-refractivity contribution in [2.24, 2.45) is 7.05 Å². The SMILES string of the molecule is Cn1nc(C2CC(F)(F)C2)c(C2CCC2)c1NC(=O)NCC(F)F. The minimum Gasteiger partial charge on any atom is -0.332 e. The topological polar surface area (TPSA) is 59.0 Å². The van der Waals surface area contributed by atoms with Crippen molar-refractivity contribution >= 4 is 11.8 Å². The Morgan fingerprint density at radius 3 is 2.50 bits per heavy atom. The smallest absolute Gasteiger partial charge is 0.320 e. The van der Waals surface area contributed by atoms with Gasteiger partial charge in [0.05, 0.1) is 12.2 Å². The van der Waals surface area contributed by atoms with Crippen LogP contribution in [0.4, 0.5) is 28.2 Å². The van der Waals surface area contributed by atoms with Crippen LogP contribution in [0.2, 0.25) is 0 Å². The highest BCUT2D eigenvalue weighted by molar-refractivity contribution is 5.89. The zero-order chi connectivity index (χ0) is 17.5. The lowest BCUT2D eigenvalue weighted by atomic mass is 9.73. The number of hydrogen-bond donors (Lipinski definition) is 2. The van der Waals surface area contributed by atoms with E-state index in [9.17, 15) is 22.4 Å². The standard InChI is InChI=1S/C15H20F4N4O/c1-23-13(21-14(24)20-7-10(16)17)11(8-3-2-4-8)12(22-23)9-5-15(18,19)6-9/h8-10H,2-7H2,1H3,(H2,20,21,24). The molecule has 1 aromatic rings. The lowest BCUT2D eigenvalue weighted by Crippen LogP contribution is -2.35. The quantitative estimate of drug-likeness (QED) is 0.799. The predicted octanol–water partition coefficient (Wildman–Crippen LogP) is 3.59. The number of aryl methyl sites for hydroxylation is 1. The number of nitrogens with zero attached hydrogens (tertiary/aromatic N) is 2. The number of aromatic nitrogens is 2. The van der Waals surface area contributed by atoms with E-state index in [1.54, 1.807) is 7.05 Å². The summed E-state index contributed by atoms with van der Waals surface area (Å²) in [4.78, 5) is 11.8. The minimum atomic E-state index is -2.65. The van der Waals surface area contributed by atoms with Crippen LogP contribution in [-0.2, 0) is 7.05 Å². The van der Waals surface area contributed by atoms with Crippen LogP contribution in [0.25, 0.3) is 0 Å². The molecule has 1 aromatic heterocycles. The number of halogens is 4. The summed E-state index contributed by atoms with van der Waals surface area (Å²) >= 11 is 0. The van der Waals surface area contributed by atoms with Crippen LogP contribution in [-0.4, -0.2) is 34.7 Å². The number of urea groups is 1. The molecule has 0 spiro atoms. The fourth-order valence-electron chi connectivity index (χ4n) is 3.29. The van der Waals surface area contributed by atoms with Crippen molar-refractivity contribution in [3.05, 3.63) is 11.3 Å². The van der Waals surface area contributed by atoms with Gasteiger partial charge in [-0.25, -0.2) is 22.4 Å². The molecule has 24 heavy (non-hydrogen) atoms. The Morgan fingerprint density at radius 1 is 1.33 bits per heavy atom. The molecule has 0 aromatic carbocycles. The van der Waals surface area contributed by atoms with E-state index in [1.165, 1.54) is 4.68 Å². The average Bonchev–Trinajstić information content (AvgIpc) is 2.70. The van der Waals surface area contributed by atoms with Gasteiger partial charge in [0.1, 0.15) is 5.82 Å². The van der Waals surface area contributed by atoms with Gasteiger partial charge in [-0.15, -0.1) is 0 Å². The molecule has 0 radical (unpaired) electrons. The highest BCUT2D eigenvalue weighted by atomic mass is 19.3. The predicted molar refractivity (Wildman–Crippen MR) is 79.7 cm³/mol. The summed E-state index contributed by atoms with van der Waals surface area (Å²) < 4.78 is 52.2. The summed E-state index contributed by atoms with van der Waals surface area (Å²) in [6, 6.07) is -0.746. The monoisotopic (exact) mass is 348 g/mol. The van der Waals surface area contributed by atoms with Gasteiger partial charge in [-0.3, -0.25) is 10.00 Å². The summed E-state index contributed by atoms with van der Waals surface area (Å²) in [5.41, 5.74) is 1.40. The average molecular weight is 348 g/mol. The molecule has 2 N–H and O–H groups in total. The molecule has 9 heteroatoms. The van der Waals surface area contributed by atoms with Gasteiger partial charge in [-0.2, -0.15) is 5.10 Å². The number of anilines is 1. The maximum atomic E-state index is 13.2. The Balaban J connectivity index is 1.80. The third kappa shape index (κ3) is 3.34. The third-order valence-electron chi connectivity index (χ3n) is 4.75. The second-order valence-electron chi connectivity index (χ2n) is 6.59. The van der Waals surface area contributed by atoms with E-state index in [2.05, 4.69) is 15.7 Å². The molecular weight excluding hydrogens is 328 g/mol. The van der Waals surface area contributed by atoms with Crippen molar-refractivity contribution in [3.8, 4) is 0 Å². The van der Waals surface area contributed by atoms with Gasteiger partial charge in [0.2, 0.25) is 5.92 Å². The molecule has 2 fully saturated rings. The fourth-order valence-corrected chi connectivity index (χ4v) is 3.29. The van der Waals surface area contributed by atoms with E-state index in [0.717, 1.165) is 24.8 Å². The van der Waals surface area contributed by atoms with Crippen LogP contribution < -0.4 is 10.6 Å². The number of alkyl halides is 4. The summed E-state index contributed by atoms with van der Waals surface area (Å²) in [7, 11) is 1.62. The van der Waals surface area contributed by atoms with Crippen LogP contribution in [0.15, 0.2) is 0 Å². The molecule has 2 saturated carbocycles. The number of hydrogen-bond acceptors (Lipinski definition) is 2. The number of carbonyl (C=O) groups is 1. The van der Waals surface area contributed by atoms with Crippen molar-refractivity contribution in [2.75, 3.05) is 11.9 Å². The zero-order valence-corrected chi connectivity index (χ0v) is 13.3. The van der Waals surface area contributed by atoms with Crippen molar-refractivity contribution in [1.29, 1.82) is 0 Å². The summed E-state index contributed by atoms with van der Waals surface area (Å²) in [6.45, 7) is -0.746. The minimum absolute atomic E-state index is 0.174. The Morgan fingerprint density at radius 2 is 2.00 bits per heavy atom. The summed E-state index contributed by atoms with van der Waals surface area (Å²) in [5.74, 6) is -2.38. The van der Waals surface area contributed by atoms with Gasteiger partial charge in [0, 0.05) is 31.4 Å². The molecule has 1 heterocycles. The van der Waals surface area contributed by atoms with Crippen LogP contribution in [0.5, 0.6) is 0 Å². The largest absolute Gasteiger partial charge is 0.332 e. The molecule has 2 aliphatic rings. The molecule has 0 bridgehead atoms. The first kappa shape index (κ1) is 17.0. The van der Waals surface area contributed by atoms with E-state index in [4.69, 9.17) is 0 Å². The summed E-state index contributed by atoms with van der Waals surface area (Å²) in [6.07, 6.45) is -0.246. The Kier molecular flexibility index (Phi) is 4.44. The van der Waals surface area contributed by atoms with E-state index < -0.39 is 24.9 Å². The van der Waals surface area contributed by atoms with Gasteiger partial charge in [0.25, 0.3) is 6.43 Å². The Bertz CT molecular complexity index is 619. The van der Waals surface area contributed by atoms with Crippen molar-refractivity contribution in [3.63, 3.8) is 0 Å². The molecule has 134 valence electrons. The van der Waals surface area contributed by atoms with E-state index >= 15 is 0 Å². The second kappa shape index (κ2) is 6.25. The maximum Gasteiger partial charge on any atom is 0.320 e. The highest BCUT2D eigenvalue weighted by Gasteiger charge is 2.49. The van der Waals surface area contributed by atoms with E-state index in [1.807, 2.05) is 0 Å². The van der Waals surface area contributed by atoms with Crippen molar-refractivity contribution in [1.82, 2.24) is 15.1 Å². The van der Waals surface area contributed by atoms with Crippen LogP contribution in [0.1, 0.15) is 55.2 Å². The molecule has 0 unspecified atom stereocenters. The first-order chi connectivity index (χ1) is 11.3. The molecule has 0 aliphatic heterocycles. The molecule has 5 nitrogen and oxygen atoms in total. The Labute approximate surface area is 136 Å². The highest BCUT2D eigenvalue weighted by Crippen LogP contribution is 2.52. The fraction of sp³-hybridized carbons (Fsp3) is 0.733. The van der Waals surface area contributed by atoms with Gasteiger partial charge in [-0.1, -0.05) is 6.42 Å². The number of nitrogens with one attached hydrogen (secondary N) is 2. The maximum absolute atomic E-state index is 13.2. The van der Waals surface area contributed by atoms with Gasteiger partial charge >= 0.3 is 6.03 Å². The molecule has 2 aliphatic carbocycles. The zero-order valence-electron chi connectivity index (χ0n) is 13.3. The molecule has 0 saturated heterocycles. The third-order valence-corrected chi connectivity index (χ3v) is 4.75. The molecular formula is C15H20F4N4O. The van der Waals surface area contributed by atoms with Gasteiger partial charge in [0.15, 0.2) is 0 Å². The van der Waals surface area contributed by atoms with Gasteiger partial charge in [-0.05, 0) is 18.8 Å². The van der Waals surface area contributed by atoms with E-state index in [-0.39, 0.29) is 24.7 Å². The molecule has 0 atom stereocenters. The van der Waals surface area contributed by atoms with Crippen LogP contribution >= 0.6 is 0 Å². The van der Waals surface area contributed by atoms with Crippen LogP contribution in [0, 0.1) is 0 Å². The second-order valence-corrected chi connectivity index (χ2v) is 6.59. The van der Waals surface area contributed by atoms with Crippen molar-refractivity contribution < 1.29 is 22.4 Å². The summed E-state index contributed by atoms with van der Waals surface area (Å²) in [5, 5.41) is 8.98. The van der Waals surface area contributed by atoms with Crippen molar-refractivity contribution in [2.45, 2.75) is 56.3 Å². The van der Waals surface area contributed by atoms with Gasteiger partial charge < -0.3 is 5.32 Å². The molecule has 2 amide bonds. The lowest BCUT2D eigenvalue weighted by molar-refractivity contribution is -0.0879. The first-order valence-corrected chi connectivity index (χ1v) is 8.04. The number of amides is 2. The normalized spacial score (nSPS) is 20.6. The molecule has 3 rings (SSSR count).